The van der Waals surface area contributed by atoms with E-state index in [9.17, 15) is 4.79 Å². The van der Waals surface area contributed by atoms with Gasteiger partial charge in [0.2, 0.25) is 0 Å². The molecule has 2 unspecified atom stereocenters. The number of benzene rings is 1. The molecule has 4 heteroatoms. The van der Waals surface area contributed by atoms with Crippen LogP contribution >= 0.6 is 0 Å². The van der Waals surface area contributed by atoms with Gasteiger partial charge >= 0.3 is 0 Å². The van der Waals surface area contributed by atoms with Gasteiger partial charge in [-0.3, -0.25) is 14.7 Å². The second kappa shape index (κ2) is 5.02. The molecular formula is C16H21N3O. The van der Waals surface area contributed by atoms with Gasteiger partial charge < -0.3 is 0 Å². The quantitative estimate of drug-likeness (QED) is 0.933. The molecule has 0 radical (unpaired) electrons. The number of hydrogen-bond donors (Lipinski definition) is 1. The Morgan fingerprint density at radius 3 is 2.80 bits per heavy atom. The van der Waals surface area contributed by atoms with Crippen LogP contribution in [0, 0.1) is 5.92 Å². The Morgan fingerprint density at radius 2 is 2.10 bits per heavy atom. The van der Waals surface area contributed by atoms with E-state index in [1.54, 1.807) is 0 Å². The molecule has 0 saturated heterocycles. The molecule has 0 amide bonds. The van der Waals surface area contributed by atoms with Gasteiger partial charge in [-0.1, -0.05) is 32.9 Å². The molecule has 0 fully saturated rings. The summed E-state index contributed by atoms with van der Waals surface area (Å²) in [5.41, 5.74) is 0.882. The minimum Gasteiger partial charge on any atom is -0.287 e. The third-order valence-corrected chi connectivity index (χ3v) is 3.95. The second-order valence-electron chi connectivity index (χ2n) is 5.94. The summed E-state index contributed by atoms with van der Waals surface area (Å²) in [4.78, 5) is 17.5. The Kier molecular flexibility index (Phi) is 3.34. The van der Waals surface area contributed by atoms with Crippen LogP contribution in [-0.4, -0.2) is 9.55 Å². The van der Waals surface area contributed by atoms with E-state index in [4.69, 9.17) is 4.98 Å². The van der Waals surface area contributed by atoms with Gasteiger partial charge in [0.15, 0.2) is 0 Å². The maximum absolute atomic E-state index is 12.7. The maximum atomic E-state index is 12.7. The van der Waals surface area contributed by atoms with Crippen LogP contribution in [0.4, 0.5) is 0 Å². The molecule has 4 nitrogen and oxygen atoms in total. The van der Waals surface area contributed by atoms with E-state index in [1.807, 2.05) is 28.8 Å². The van der Waals surface area contributed by atoms with Crippen molar-refractivity contribution in [3.05, 3.63) is 40.4 Å². The van der Waals surface area contributed by atoms with Gasteiger partial charge in [-0.05, 0) is 30.9 Å². The molecule has 2 aromatic rings. The first-order chi connectivity index (χ1) is 9.61. The lowest BCUT2D eigenvalue weighted by Gasteiger charge is -2.13. The van der Waals surface area contributed by atoms with Gasteiger partial charge in [-0.25, -0.2) is 4.98 Å². The molecule has 20 heavy (non-hydrogen) atoms. The van der Waals surface area contributed by atoms with E-state index in [1.165, 1.54) is 0 Å². The standard InChI is InChI=1S/C16H21N3O/c1-4-14-17-13(9-10(2)3)15-18-12-8-6-5-7-11(12)16(20)19(14)15/h5-8,10,13-14,17H,4,9H2,1-3H3. The zero-order valence-electron chi connectivity index (χ0n) is 12.3. The Bertz CT molecular complexity index is 690. The summed E-state index contributed by atoms with van der Waals surface area (Å²) in [6.45, 7) is 6.50. The number of aromatic nitrogens is 2. The first-order valence-electron chi connectivity index (χ1n) is 7.39. The molecule has 2 heterocycles. The summed E-state index contributed by atoms with van der Waals surface area (Å²) in [5.74, 6) is 1.47. The average Bonchev–Trinajstić information content (AvgIpc) is 2.77. The smallest absolute Gasteiger partial charge is 0.262 e. The Morgan fingerprint density at radius 1 is 1.35 bits per heavy atom. The summed E-state index contributed by atoms with van der Waals surface area (Å²) in [7, 11) is 0. The van der Waals surface area contributed by atoms with Crippen LogP contribution in [0.2, 0.25) is 0 Å². The number of para-hydroxylation sites is 1. The van der Waals surface area contributed by atoms with Crippen LogP contribution in [0.25, 0.3) is 10.9 Å². The number of rotatable bonds is 3. The minimum atomic E-state index is 0.0679. The average molecular weight is 271 g/mol. The van der Waals surface area contributed by atoms with E-state index < -0.39 is 0 Å². The van der Waals surface area contributed by atoms with Crippen LogP contribution in [0.3, 0.4) is 0 Å². The lowest BCUT2D eigenvalue weighted by atomic mass is 10.0. The largest absolute Gasteiger partial charge is 0.287 e. The summed E-state index contributed by atoms with van der Waals surface area (Å²) in [5, 5.41) is 4.26. The Labute approximate surface area is 118 Å². The van der Waals surface area contributed by atoms with Crippen molar-refractivity contribution >= 4 is 10.9 Å². The second-order valence-corrected chi connectivity index (χ2v) is 5.94. The molecule has 1 aliphatic heterocycles. The van der Waals surface area contributed by atoms with Crippen molar-refractivity contribution in [2.75, 3.05) is 0 Å². The van der Waals surface area contributed by atoms with Crippen LogP contribution in [0.1, 0.15) is 51.6 Å². The van der Waals surface area contributed by atoms with Crippen molar-refractivity contribution in [2.24, 2.45) is 5.92 Å². The van der Waals surface area contributed by atoms with Gasteiger partial charge in [0, 0.05) is 0 Å². The monoisotopic (exact) mass is 271 g/mol. The van der Waals surface area contributed by atoms with E-state index in [2.05, 4.69) is 26.1 Å². The number of nitrogens with one attached hydrogen (secondary N) is 1. The highest BCUT2D eigenvalue weighted by Crippen LogP contribution is 2.30. The molecule has 3 rings (SSSR count). The van der Waals surface area contributed by atoms with Crippen molar-refractivity contribution in [2.45, 2.75) is 45.8 Å². The summed E-state index contributed by atoms with van der Waals surface area (Å²) in [6, 6.07) is 7.79. The van der Waals surface area contributed by atoms with Gasteiger partial charge in [-0.15, -0.1) is 0 Å². The summed E-state index contributed by atoms with van der Waals surface area (Å²) < 4.78 is 1.86. The van der Waals surface area contributed by atoms with Gasteiger partial charge in [0.25, 0.3) is 5.56 Å². The molecule has 0 bridgehead atoms. The molecule has 0 spiro atoms. The first kappa shape index (κ1) is 13.3. The molecule has 1 aromatic carbocycles. The van der Waals surface area contributed by atoms with Crippen LogP contribution in [0.5, 0.6) is 0 Å². The zero-order valence-corrected chi connectivity index (χ0v) is 12.3. The SMILES string of the molecule is CCC1NC(CC(C)C)c2nc3ccccc3c(=O)n21. The Balaban J connectivity index is 2.21. The highest BCUT2D eigenvalue weighted by Gasteiger charge is 2.32. The highest BCUT2D eigenvalue weighted by atomic mass is 16.1. The molecule has 1 aromatic heterocycles. The fourth-order valence-corrected chi connectivity index (χ4v) is 3.04. The Hall–Kier alpha value is -1.68. The predicted octanol–water partition coefficient (Wildman–Crippen LogP) is 3.00. The molecule has 0 aliphatic carbocycles. The summed E-state index contributed by atoms with van der Waals surface area (Å²) in [6.07, 6.45) is 1.96. The van der Waals surface area contributed by atoms with Crippen molar-refractivity contribution in [3.8, 4) is 0 Å². The van der Waals surface area contributed by atoms with Crippen LogP contribution in [-0.2, 0) is 0 Å². The fraction of sp³-hybridized carbons (Fsp3) is 0.500. The van der Waals surface area contributed by atoms with Gasteiger partial charge in [0.05, 0.1) is 23.1 Å². The van der Waals surface area contributed by atoms with Crippen molar-refractivity contribution in [3.63, 3.8) is 0 Å². The lowest BCUT2D eigenvalue weighted by molar-refractivity contribution is 0.380. The molecule has 2 atom stereocenters. The van der Waals surface area contributed by atoms with E-state index >= 15 is 0 Å². The molecule has 1 N–H and O–H groups in total. The lowest BCUT2D eigenvalue weighted by Crippen LogP contribution is -2.27. The third-order valence-electron chi connectivity index (χ3n) is 3.95. The maximum Gasteiger partial charge on any atom is 0.262 e. The zero-order chi connectivity index (χ0) is 14.3. The fourth-order valence-electron chi connectivity index (χ4n) is 3.04. The topological polar surface area (TPSA) is 46.9 Å². The molecular weight excluding hydrogens is 250 g/mol. The molecule has 0 saturated carbocycles. The summed E-state index contributed by atoms with van der Waals surface area (Å²) >= 11 is 0. The minimum absolute atomic E-state index is 0.0679. The van der Waals surface area contributed by atoms with Gasteiger partial charge in [0.1, 0.15) is 5.82 Å². The normalized spacial score (nSPS) is 21.6. The number of fused-ring (bicyclic) bond motifs is 2. The number of nitrogens with zero attached hydrogens (tertiary/aromatic N) is 2. The first-order valence-corrected chi connectivity index (χ1v) is 7.39. The van der Waals surface area contributed by atoms with Crippen LogP contribution in [0.15, 0.2) is 29.1 Å². The van der Waals surface area contributed by atoms with Crippen molar-refractivity contribution < 1.29 is 0 Å². The van der Waals surface area contributed by atoms with Gasteiger partial charge in [-0.2, -0.15) is 0 Å². The van der Waals surface area contributed by atoms with Crippen LogP contribution < -0.4 is 10.9 Å². The molecule has 106 valence electrons. The van der Waals surface area contributed by atoms with Crippen molar-refractivity contribution in [1.29, 1.82) is 0 Å². The number of hydrogen-bond acceptors (Lipinski definition) is 3. The van der Waals surface area contributed by atoms with E-state index in [0.717, 1.165) is 24.2 Å². The predicted molar refractivity (Wildman–Crippen MR) is 80.7 cm³/mol. The third kappa shape index (κ3) is 2.04. The molecule has 1 aliphatic rings. The van der Waals surface area contributed by atoms with E-state index in [0.29, 0.717) is 11.3 Å². The van der Waals surface area contributed by atoms with Crippen molar-refractivity contribution in [1.82, 2.24) is 14.9 Å². The highest BCUT2D eigenvalue weighted by molar-refractivity contribution is 5.77. The van der Waals surface area contributed by atoms with E-state index in [-0.39, 0.29) is 17.8 Å².